The van der Waals surface area contributed by atoms with Crippen LogP contribution in [0, 0.1) is 3.57 Å². The second-order valence-corrected chi connectivity index (χ2v) is 8.82. The average Bonchev–Trinajstić information content (AvgIpc) is 2.54. The van der Waals surface area contributed by atoms with Crippen LogP contribution in [0.15, 0.2) is 48.8 Å². The molecule has 0 bridgehead atoms. The zero-order valence-corrected chi connectivity index (χ0v) is 17.7. The van der Waals surface area contributed by atoms with Crippen molar-refractivity contribution in [2.45, 2.75) is 9.96 Å². The van der Waals surface area contributed by atoms with Gasteiger partial charge in [-0.25, -0.2) is 0 Å². The number of hydrogen-bond acceptors (Lipinski definition) is 3. The molecule has 132 valence electrons. The summed E-state index contributed by atoms with van der Waals surface area (Å²) in [5.74, 6) is -0.399. The molecule has 0 fully saturated rings. The van der Waals surface area contributed by atoms with Gasteiger partial charge in [0.05, 0.1) is 11.9 Å². The van der Waals surface area contributed by atoms with Crippen molar-refractivity contribution in [3.05, 3.63) is 57.9 Å². The van der Waals surface area contributed by atoms with Crippen LogP contribution in [-0.4, -0.2) is 26.0 Å². The second-order valence-electron chi connectivity index (χ2n) is 4.80. The number of pyridine rings is 1. The molecule has 0 radical (unpaired) electrons. The summed E-state index contributed by atoms with van der Waals surface area (Å²) in [6.45, 7) is 0. The fourth-order valence-electron chi connectivity index (χ4n) is 1.75. The molecule has 1 unspecified atom stereocenters. The highest BCUT2D eigenvalue weighted by Gasteiger charge is 2.34. The number of benzene rings is 1. The summed E-state index contributed by atoms with van der Waals surface area (Å²) in [4.78, 5) is 16.3. The molecule has 5 nitrogen and oxygen atoms in total. The van der Waals surface area contributed by atoms with Crippen molar-refractivity contribution in [2.24, 2.45) is 0 Å². The maximum atomic E-state index is 12.3. The van der Waals surface area contributed by atoms with Crippen molar-refractivity contribution in [1.29, 1.82) is 0 Å². The Morgan fingerprint density at radius 2 is 1.84 bits per heavy atom. The molecule has 0 saturated heterocycles. The normalized spacial score (nSPS) is 12.2. The van der Waals surface area contributed by atoms with Gasteiger partial charge in [-0.2, -0.15) is 0 Å². The Kier molecular flexibility index (Phi) is 7.51. The first-order chi connectivity index (χ1) is 11.8. The van der Waals surface area contributed by atoms with E-state index in [0.717, 1.165) is 3.57 Å². The number of alkyl halides is 3. The summed E-state index contributed by atoms with van der Waals surface area (Å²) in [6, 6.07) is 10.5. The van der Waals surface area contributed by atoms with Gasteiger partial charge in [0.15, 0.2) is 5.11 Å². The topological polar surface area (TPSA) is 66.1 Å². The molecule has 1 aromatic carbocycles. The van der Waals surface area contributed by atoms with Crippen molar-refractivity contribution in [3.8, 4) is 0 Å². The number of halogens is 4. The minimum Gasteiger partial charge on any atom is -0.339 e. The van der Waals surface area contributed by atoms with Gasteiger partial charge < -0.3 is 16.0 Å². The van der Waals surface area contributed by atoms with Crippen LogP contribution in [0.5, 0.6) is 0 Å². The Labute approximate surface area is 179 Å². The smallest absolute Gasteiger partial charge is 0.252 e. The van der Waals surface area contributed by atoms with Crippen molar-refractivity contribution in [1.82, 2.24) is 15.6 Å². The van der Waals surface area contributed by atoms with Gasteiger partial charge in [-0.15, -0.1) is 0 Å². The van der Waals surface area contributed by atoms with Crippen molar-refractivity contribution < 1.29 is 4.79 Å². The van der Waals surface area contributed by atoms with E-state index < -0.39 is 15.9 Å². The minimum atomic E-state index is -1.82. The molecule has 10 heteroatoms. The van der Waals surface area contributed by atoms with E-state index in [-0.39, 0.29) is 5.11 Å². The highest BCUT2D eigenvalue weighted by Crippen LogP contribution is 2.29. The maximum absolute atomic E-state index is 12.3. The first kappa shape index (κ1) is 20.4. The summed E-state index contributed by atoms with van der Waals surface area (Å²) in [7, 11) is 0. The van der Waals surface area contributed by atoms with E-state index in [9.17, 15) is 4.79 Å². The van der Waals surface area contributed by atoms with Crippen LogP contribution in [0.3, 0.4) is 0 Å². The zero-order chi connectivity index (χ0) is 18.4. The molecule has 1 amide bonds. The van der Waals surface area contributed by atoms with Crippen LogP contribution in [0.1, 0.15) is 10.4 Å². The van der Waals surface area contributed by atoms with Gasteiger partial charge in [0.25, 0.3) is 5.91 Å². The molecule has 25 heavy (non-hydrogen) atoms. The Morgan fingerprint density at radius 3 is 2.40 bits per heavy atom. The van der Waals surface area contributed by atoms with Crippen molar-refractivity contribution >= 4 is 86.3 Å². The number of anilines is 1. The Bertz CT molecular complexity index is 741. The molecular weight excluding hydrogens is 518 g/mol. The molecule has 2 aromatic rings. The van der Waals surface area contributed by atoms with E-state index in [1.54, 1.807) is 36.7 Å². The fourth-order valence-corrected chi connectivity index (χ4v) is 2.67. The van der Waals surface area contributed by atoms with E-state index in [1.807, 2.05) is 12.1 Å². The van der Waals surface area contributed by atoms with Gasteiger partial charge in [-0.3, -0.25) is 9.78 Å². The van der Waals surface area contributed by atoms with Crippen LogP contribution in [0.2, 0.25) is 0 Å². The Balaban J connectivity index is 2.04. The summed E-state index contributed by atoms with van der Waals surface area (Å²) in [6.07, 6.45) is 2.18. The van der Waals surface area contributed by atoms with E-state index in [4.69, 9.17) is 47.0 Å². The van der Waals surface area contributed by atoms with Gasteiger partial charge in [0.2, 0.25) is 3.79 Å². The number of thiocarbonyl (C=S) groups is 1. The van der Waals surface area contributed by atoms with Gasteiger partial charge in [0.1, 0.15) is 6.17 Å². The zero-order valence-electron chi connectivity index (χ0n) is 12.5. The monoisotopic (exact) mass is 528 g/mol. The number of carbonyl (C=O) groups is 1. The lowest BCUT2D eigenvalue weighted by Crippen LogP contribution is -2.56. The third-order valence-electron chi connectivity index (χ3n) is 2.90. The molecule has 1 heterocycles. The van der Waals surface area contributed by atoms with Gasteiger partial charge >= 0.3 is 0 Å². The predicted molar refractivity (Wildman–Crippen MR) is 114 cm³/mol. The standard InChI is InChI=1S/C15H12Cl3IN4OS/c16-15(17,18)13(22-12(24)9-3-5-10(19)6-4-9)23-14(25)21-11-2-1-7-20-8-11/h1-8,13H,(H,22,24)(H2,21,23,25). The molecule has 1 atom stereocenters. The third-order valence-corrected chi connectivity index (χ3v) is 4.50. The van der Waals surface area contributed by atoms with Gasteiger partial charge in [-0.1, -0.05) is 34.8 Å². The molecule has 3 N–H and O–H groups in total. The van der Waals surface area contributed by atoms with Crippen LogP contribution in [0.25, 0.3) is 0 Å². The lowest BCUT2D eigenvalue weighted by Gasteiger charge is -2.27. The number of nitrogens with zero attached hydrogens (tertiary/aromatic N) is 1. The SMILES string of the molecule is O=C(NC(NC(=S)Nc1cccnc1)C(Cl)(Cl)Cl)c1ccc(I)cc1. The Hall–Kier alpha value is -0.870. The molecule has 0 aliphatic rings. The van der Waals surface area contributed by atoms with Crippen LogP contribution in [-0.2, 0) is 0 Å². The molecular formula is C15H12Cl3IN4OS. The number of amides is 1. The van der Waals surface area contributed by atoms with Crippen LogP contribution < -0.4 is 16.0 Å². The van der Waals surface area contributed by atoms with E-state index >= 15 is 0 Å². The molecule has 0 aliphatic carbocycles. The van der Waals surface area contributed by atoms with Crippen LogP contribution in [0.4, 0.5) is 5.69 Å². The van der Waals surface area contributed by atoms with Crippen molar-refractivity contribution in [3.63, 3.8) is 0 Å². The van der Waals surface area contributed by atoms with E-state index in [1.165, 1.54) is 0 Å². The maximum Gasteiger partial charge on any atom is 0.252 e. The number of rotatable bonds is 4. The third kappa shape index (κ3) is 6.74. The van der Waals surface area contributed by atoms with E-state index in [0.29, 0.717) is 11.3 Å². The number of carbonyl (C=O) groups excluding carboxylic acids is 1. The molecule has 1 aromatic heterocycles. The summed E-state index contributed by atoms with van der Waals surface area (Å²) in [5.41, 5.74) is 1.10. The molecule has 0 spiro atoms. The van der Waals surface area contributed by atoms with Crippen molar-refractivity contribution in [2.75, 3.05) is 5.32 Å². The molecule has 0 saturated carbocycles. The highest BCUT2D eigenvalue weighted by atomic mass is 127. The largest absolute Gasteiger partial charge is 0.339 e. The quantitative estimate of drug-likeness (QED) is 0.241. The first-order valence-corrected chi connectivity index (χ1v) is 9.48. The first-order valence-electron chi connectivity index (χ1n) is 6.86. The number of hydrogen-bond donors (Lipinski definition) is 3. The lowest BCUT2D eigenvalue weighted by molar-refractivity contribution is 0.0934. The molecule has 0 aliphatic heterocycles. The summed E-state index contributed by atoms with van der Waals surface area (Å²) < 4.78 is -0.813. The van der Waals surface area contributed by atoms with Gasteiger partial charge in [0, 0.05) is 15.3 Å². The number of aromatic nitrogens is 1. The van der Waals surface area contributed by atoms with E-state index in [2.05, 4.69) is 43.5 Å². The second kappa shape index (κ2) is 9.18. The van der Waals surface area contributed by atoms with Crippen LogP contribution >= 0.6 is 69.6 Å². The molecule has 2 rings (SSSR count). The lowest BCUT2D eigenvalue weighted by atomic mass is 10.2. The summed E-state index contributed by atoms with van der Waals surface area (Å²) >= 11 is 25.2. The van der Waals surface area contributed by atoms with Gasteiger partial charge in [-0.05, 0) is 71.2 Å². The number of nitrogens with one attached hydrogen (secondary N) is 3. The highest BCUT2D eigenvalue weighted by molar-refractivity contribution is 14.1. The fraction of sp³-hybridized carbons (Fsp3) is 0.133. The minimum absolute atomic E-state index is 0.173. The summed E-state index contributed by atoms with van der Waals surface area (Å²) in [5, 5.41) is 8.47. The average molecular weight is 530 g/mol. The Morgan fingerprint density at radius 1 is 1.16 bits per heavy atom. The predicted octanol–water partition coefficient (Wildman–Crippen LogP) is 4.10.